The van der Waals surface area contributed by atoms with E-state index < -0.39 is 0 Å². The lowest BCUT2D eigenvalue weighted by Gasteiger charge is -2.35. The van der Waals surface area contributed by atoms with Crippen molar-refractivity contribution in [3.05, 3.63) is 18.2 Å². The van der Waals surface area contributed by atoms with Crippen LogP contribution in [0.4, 0.5) is 0 Å². The first-order valence-corrected chi connectivity index (χ1v) is 9.71. The van der Waals surface area contributed by atoms with Gasteiger partial charge in [-0.3, -0.25) is 9.59 Å². The van der Waals surface area contributed by atoms with E-state index in [1.165, 1.54) is 12.8 Å². The van der Waals surface area contributed by atoms with Gasteiger partial charge in [-0.25, -0.2) is 4.98 Å². The molecule has 0 N–H and O–H groups in total. The first-order chi connectivity index (χ1) is 12.1. The molecule has 3 fully saturated rings. The smallest absolute Gasteiger partial charge is 0.228 e. The largest absolute Gasteiger partial charge is 0.340 e. The molecule has 2 unspecified atom stereocenters. The van der Waals surface area contributed by atoms with Gasteiger partial charge in [-0.15, -0.1) is 0 Å². The number of likely N-dealkylation sites (tertiary alicyclic amines) is 2. The standard InChI is InChI=1S/C19H28N4O2/c1-14-20-8-10-22(14)17-7-4-9-21(13-17)19(25)15-11-18(24)23(12-15)16-5-2-3-6-16/h8,10,15-17H,2-7,9,11-13H2,1H3. The van der Waals surface area contributed by atoms with Crippen molar-refractivity contribution in [2.24, 2.45) is 5.92 Å². The van der Waals surface area contributed by atoms with Crippen LogP contribution in [0.5, 0.6) is 0 Å². The van der Waals surface area contributed by atoms with Gasteiger partial charge < -0.3 is 14.4 Å². The highest BCUT2D eigenvalue weighted by Crippen LogP contribution is 2.31. The van der Waals surface area contributed by atoms with E-state index in [-0.39, 0.29) is 17.7 Å². The molecular weight excluding hydrogens is 316 g/mol. The predicted octanol–water partition coefficient (Wildman–Crippen LogP) is 2.15. The fourth-order valence-corrected chi connectivity index (χ4v) is 4.88. The highest BCUT2D eigenvalue weighted by Gasteiger charge is 2.40. The normalized spacial score (nSPS) is 28.1. The van der Waals surface area contributed by atoms with Crippen LogP contribution in [0, 0.1) is 12.8 Å². The number of aromatic nitrogens is 2. The van der Waals surface area contributed by atoms with Gasteiger partial charge in [0, 0.05) is 44.5 Å². The second kappa shape index (κ2) is 6.81. The summed E-state index contributed by atoms with van der Waals surface area (Å²) in [7, 11) is 0. The fourth-order valence-electron chi connectivity index (χ4n) is 4.88. The molecule has 2 aliphatic heterocycles. The van der Waals surface area contributed by atoms with Gasteiger partial charge in [0.05, 0.1) is 12.0 Å². The summed E-state index contributed by atoms with van der Waals surface area (Å²) in [5.41, 5.74) is 0. The molecule has 3 heterocycles. The van der Waals surface area contributed by atoms with Crippen LogP contribution >= 0.6 is 0 Å². The summed E-state index contributed by atoms with van der Waals surface area (Å²) >= 11 is 0. The Morgan fingerprint density at radius 2 is 1.88 bits per heavy atom. The van der Waals surface area contributed by atoms with Crippen molar-refractivity contribution in [2.75, 3.05) is 19.6 Å². The molecule has 1 saturated carbocycles. The molecule has 25 heavy (non-hydrogen) atoms. The maximum Gasteiger partial charge on any atom is 0.228 e. The molecule has 1 aromatic rings. The topological polar surface area (TPSA) is 58.4 Å². The number of hydrogen-bond acceptors (Lipinski definition) is 3. The summed E-state index contributed by atoms with van der Waals surface area (Å²) in [5, 5.41) is 0. The Kier molecular flexibility index (Phi) is 4.52. The molecule has 6 heteroatoms. The number of piperidine rings is 1. The minimum atomic E-state index is -0.143. The van der Waals surface area contributed by atoms with E-state index in [2.05, 4.69) is 9.55 Å². The monoisotopic (exact) mass is 344 g/mol. The number of amides is 2. The molecule has 136 valence electrons. The Bertz CT molecular complexity index is 650. The fraction of sp³-hybridized carbons (Fsp3) is 0.737. The Morgan fingerprint density at radius 1 is 1.12 bits per heavy atom. The summed E-state index contributed by atoms with van der Waals surface area (Å²) in [4.78, 5) is 33.7. The molecule has 2 saturated heterocycles. The summed E-state index contributed by atoms with van der Waals surface area (Å²) < 4.78 is 2.18. The van der Waals surface area contributed by atoms with Crippen molar-refractivity contribution in [3.8, 4) is 0 Å². The zero-order valence-electron chi connectivity index (χ0n) is 15.1. The maximum absolute atomic E-state index is 13.0. The maximum atomic E-state index is 13.0. The van der Waals surface area contributed by atoms with Gasteiger partial charge in [0.25, 0.3) is 0 Å². The van der Waals surface area contributed by atoms with E-state index in [1.807, 2.05) is 29.1 Å². The molecular formula is C19H28N4O2. The number of nitrogens with zero attached hydrogens (tertiary/aromatic N) is 4. The van der Waals surface area contributed by atoms with Crippen molar-refractivity contribution in [3.63, 3.8) is 0 Å². The molecule has 6 nitrogen and oxygen atoms in total. The van der Waals surface area contributed by atoms with E-state index in [4.69, 9.17) is 0 Å². The lowest BCUT2D eigenvalue weighted by molar-refractivity contribution is -0.137. The van der Waals surface area contributed by atoms with Gasteiger partial charge in [0.15, 0.2) is 0 Å². The van der Waals surface area contributed by atoms with Crippen molar-refractivity contribution in [1.29, 1.82) is 0 Å². The van der Waals surface area contributed by atoms with Crippen LogP contribution in [-0.4, -0.2) is 56.8 Å². The lowest BCUT2D eigenvalue weighted by atomic mass is 10.0. The second-order valence-corrected chi connectivity index (χ2v) is 7.85. The van der Waals surface area contributed by atoms with Gasteiger partial charge in [-0.1, -0.05) is 12.8 Å². The summed E-state index contributed by atoms with van der Waals surface area (Å²) in [5.74, 6) is 1.22. The van der Waals surface area contributed by atoms with Crippen molar-refractivity contribution in [1.82, 2.24) is 19.4 Å². The lowest BCUT2D eigenvalue weighted by Crippen LogP contribution is -2.44. The van der Waals surface area contributed by atoms with E-state index in [1.54, 1.807) is 0 Å². The average Bonchev–Trinajstić information content (AvgIpc) is 3.35. The Balaban J connectivity index is 1.40. The predicted molar refractivity (Wildman–Crippen MR) is 93.9 cm³/mol. The quantitative estimate of drug-likeness (QED) is 0.844. The number of hydrogen-bond donors (Lipinski definition) is 0. The highest BCUT2D eigenvalue weighted by atomic mass is 16.2. The molecule has 2 atom stereocenters. The molecule has 0 bridgehead atoms. The molecule has 0 spiro atoms. The third-order valence-corrected chi connectivity index (χ3v) is 6.24. The zero-order chi connectivity index (χ0) is 17.4. The van der Waals surface area contributed by atoms with Crippen LogP contribution in [0.25, 0.3) is 0 Å². The molecule has 3 aliphatic rings. The molecule has 4 rings (SSSR count). The first-order valence-electron chi connectivity index (χ1n) is 9.71. The summed E-state index contributed by atoms with van der Waals surface area (Å²) in [6.07, 6.45) is 11.0. The van der Waals surface area contributed by atoms with Gasteiger partial charge in [0.1, 0.15) is 5.82 Å². The number of carbonyl (C=O) groups excluding carboxylic acids is 2. The zero-order valence-corrected chi connectivity index (χ0v) is 15.1. The molecule has 0 radical (unpaired) electrons. The third kappa shape index (κ3) is 3.18. The van der Waals surface area contributed by atoms with Crippen LogP contribution in [0.1, 0.15) is 56.8 Å². The highest BCUT2D eigenvalue weighted by molar-refractivity contribution is 5.89. The number of carbonyl (C=O) groups is 2. The van der Waals surface area contributed by atoms with Crippen LogP contribution in [0.15, 0.2) is 12.4 Å². The van der Waals surface area contributed by atoms with E-state index >= 15 is 0 Å². The minimum Gasteiger partial charge on any atom is -0.340 e. The summed E-state index contributed by atoms with van der Waals surface area (Å²) in [6.45, 7) is 4.20. The van der Waals surface area contributed by atoms with Crippen LogP contribution in [0.2, 0.25) is 0 Å². The van der Waals surface area contributed by atoms with Gasteiger partial charge in [-0.2, -0.15) is 0 Å². The first kappa shape index (κ1) is 16.6. The van der Waals surface area contributed by atoms with Crippen LogP contribution in [0.3, 0.4) is 0 Å². The van der Waals surface area contributed by atoms with Crippen molar-refractivity contribution in [2.45, 2.75) is 64.0 Å². The number of rotatable bonds is 3. The Morgan fingerprint density at radius 3 is 2.60 bits per heavy atom. The molecule has 2 amide bonds. The van der Waals surface area contributed by atoms with Gasteiger partial charge >= 0.3 is 0 Å². The van der Waals surface area contributed by atoms with Crippen LogP contribution in [-0.2, 0) is 9.59 Å². The summed E-state index contributed by atoms with van der Waals surface area (Å²) in [6, 6.07) is 0.691. The molecule has 1 aliphatic carbocycles. The number of aryl methyl sites for hydroxylation is 1. The van der Waals surface area contributed by atoms with Crippen LogP contribution < -0.4 is 0 Å². The van der Waals surface area contributed by atoms with Gasteiger partial charge in [0.2, 0.25) is 11.8 Å². The number of imidazole rings is 1. The van der Waals surface area contributed by atoms with E-state index in [0.717, 1.165) is 44.6 Å². The van der Waals surface area contributed by atoms with Crippen molar-refractivity contribution < 1.29 is 9.59 Å². The van der Waals surface area contributed by atoms with E-state index in [0.29, 0.717) is 25.0 Å². The minimum absolute atomic E-state index is 0.143. The molecule has 0 aromatic carbocycles. The van der Waals surface area contributed by atoms with Gasteiger partial charge in [-0.05, 0) is 32.6 Å². The molecule has 1 aromatic heterocycles. The van der Waals surface area contributed by atoms with Crippen molar-refractivity contribution >= 4 is 11.8 Å². The second-order valence-electron chi connectivity index (χ2n) is 7.85. The average molecular weight is 344 g/mol. The Hall–Kier alpha value is -1.85. The SMILES string of the molecule is Cc1nccn1C1CCCN(C(=O)C2CC(=O)N(C3CCCC3)C2)C1. The van der Waals surface area contributed by atoms with E-state index in [9.17, 15) is 9.59 Å². The Labute approximate surface area is 149 Å². The third-order valence-electron chi connectivity index (χ3n) is 6.24.